The molecule has 1 aromatic heterocycles. The Morgan fingerprint density at radius 1 is 1.53 bits per heavy atom. The van der Waals surface area contributed by atoms with Gasteiger partial charge in [-0.25, -0.2) is 13.1 Å². The number of terminal acetylenes is 1. The molecule has 0 aliphatic heterocycles. The summed E-state index contributed by atoms with van der Waals surface area (Å²) >= 11 is 6.27. The number of thiophene rings is 1. The number of halogens is 1. The maximum absolute atomic E-state index is 11.8. The van der Waals surface area contributed by atoms with Crippen LogP contribution in [-0.4, -0.2) is 19.9 Å². The normalized spacial score (nSPS) is 11.2. The molecule has 0 saturated carbocycles. The molecule has 0 aromatic carbocycles. The fourth-order valence-electron chi connectivity index (χ4n) is 1.23. The third-order valence-electron chi connectivity index (χ3n) is 2.15. The quantitative estimate of drug-likeness (QED) is 0.361. The van der Waals surface area contributed by atoms with E-state index in [4.69, 9.17) is 18.0 Å². The molecule has 104 valence electrons. The summed E-state index contributed by atoms with van der Waals surface area (Å²) in [6, 6.07) is 0.955. The summed E-state index contributed by atoms with van der Waals surface area (Å²) in [5, 5.41) is 10.6. The predicted octanol–water partition coefficient (Wildman–Crippen LogP) is 2.39. The van der Waals surface area contributed by atoms with E-state index >= 15 is 0 Å². The number of sulfonamides is 1. The lowest BCUT2D eigenvalue weighted by Crippen LogP contribution is -2.23. The molecule has 0 bridgehead atoms. The summed E-state index contributed by atoms with van der Waals surface area (Å²) < 4.78 is 25.7. The van der Waals surface area contributed by atoms with Gasteiger partial charge in [-0.05, 0) is 12.8 Å². The first-order valence-corrected chi connectivity index (χ1v) is 7.93. The molecule has 0 atom stereocenters. The first-order valence-electron chi connectivity index (χ1n) is 5.25. The Hall–Kier alpha value is -1.14. The molecule has 0 unspecified atom stereocenters. The van der Waals surface area contributed by atoms with Crippen molar-refractivity contribution in [1.82, 2.24) is 4.72 Å². The van der Waals surface area contributed by atoms with Crippen molar-refractivity contribution in [2.75, 3.05) is 6.54 Å². The lowest BCUT2D eigenvalue weighted by Gasteiger charge is -2.02. The van der Waals surface area contributed by atoms with E-state index in [2.05, 4.69) is 10.6 Å². The lowest BCUT2D eigenvalue weighted by atomic mass is 10.2. The maximum Gasteiger partial charge on any atom is 0.300 e. The highest BCUT2D eigenvalue weighted by Crippen LogP contribution is 2.35. The molecule has 19 heavy (non-hydrogen) atoms. The molecule has 1 aromatic rings. The summed E-state index contributed by atoms with van der Waals surface area (Å²) in [6.07, 6.45) is 6.97. The van der Waals surface area contributed by atoms with Crippen molar-refractivity contribution >= 4 is 38.6 Å². The van der Waals surface area contributed by atoms with E-state index in [-0.39, 0.29) is 15.1 Å². The van der Waals surface area contributed by atoms with Gasteiger partial charge in [0.15, 0.2) is 4.34 Å². The Kier molecular flexibility index (Phi) is 5.75. The fraction of sp³-hybridized carbons (Fsp3) is 0.400. The standard InChI is InChI=1S/C10H11ClN2O4S2/c1-2-3-4-5-6-12-19(16,17)9-7-8(13(14)15)10(11)18-9/h1,7,12H,3-6H2. The van der Waals surface area contributed by atoms with Crippen molar-refractivity contribution in [3.05, 3.63) is 20.5 Å². The minimum atomic E-state index is -3.75. The van der Waals surface area contributed by atoms with E-state index in [1.165, 1.54) is 0 Å². The number of nitrogens with one attached hydrogen (secondary N) is 1. The molecule has 0 fully saturated rings. The second-order valence-electron chi connectivity index (χ2n) is 3.54. The van der Waals surface area contributed by atoms with Gasteiger partial charge in [0.2, 0.25) is 10.0 Å². The van der Waals surface area contributed by atoms with Crippen molar-refractivity contribution in [2.24, 2.45) is 0 Å². The number of rotatable bonds is 7. The smallest absolute Gasteiger partial charge is 0.258 e. The number of unbranched alkanes of at least 4 members (excludes halogenated alkanes) is 2. The van der Waals surface area contributed by atoms with Gasteiger partial charge in [-0.2, -0.15) is 0 Å². The largest absolute Gasteiger partial charge is 0.300 e. The van der Waals surface area contributed by atoms with Crippen LogP contribution in [0.5, 0.6) is 0 Å². The van der Waals surface area contributed by atoms with Gasteiger partial charge in [-0.1, -0.05) is 11.6 Å². The zero-order valence-corrected chi connectivity index (χ0v) is 12.1. The summed E-state index contributed by atoms with van der Waals surface area (Å²) in [5.74, 6) is 2.45. The molecule has 1 heterocycles. The Morgan fingerprint density at radius 3 is 2.74 bits per heavy atom. The van der Waals surface area contributed by atoms with Crippen LogP contribution < -0.4 is 4.72 Å². The summed E-state index contributed by atoms with van der Waals surface area (Å²) in [6.45, 7) is 0.229. The Labute approximate surface area is 120 Å². The van der Waals surface area contributed by atoms with Crippen LogP contribution in [0, 0.1) is 22.5 Å². The Morgan fingerprint density at radius 2 is 2.21 bits per heavy atom. The average Bonchev–Trinajstić information content (AvgIpc) is 2.72. The van der Waals surface area contributed by atoms with Crippen LogP contribution in [0.2, 0.25) is 4.34 Å². The van der Waals surface area contributed by atoms with Crippen LogP contribution in [0.3, 0.4) is 0 Å². The summed E-state index contributed by atoms with van der Waals surface area (Å²) in [4.78, 5) is 9.87. The van der Waals surface area contributed by atoms with Gasteiger partial charge in [0.05, 0.1) is 4.92 Å². The topological polar surface area (TPSA) is 89.3 Å². The zero-order chi connectivity index (χ0) is 14.5. The van der Waals surface area contributed by atoms with Crippen molar-refractivity contribution < 1.29 is 13.3 Å². The molecule has 0 aliphatic carbocycles. The van der Waals surface area contributed by atoms with Crippen LogP contribution in [0.4, 0.5) is 5.69 Å². The third-order valence-corrected chi connectivity index (χ3v) is 5.42. The van der Waals surface area contributed by atoms with Crippen molar-refractivity contribution in [2.45, 2.75) is 23.5 Å². The van der Waals surface area contributed by atoms with Crippen LogP contribution in [0.1, 0.15) is 19.3 Å². The highest BCUT2D eigenvalue weighted by Gasteiger charge is 2.24. The molecule has 0 aliphatic rings. The van der Waals surface area contributed by atoms with E-state index in [0.717, 1.165) is 6.07 Å². The lowest BCUT2D eigenvalue weighted by molar-refractivity contribution is -0.384. The van der Waals surface area contributed by atoms with E-state index in [0.29, 0.717) is 30.6 Å². The molecule has 1 N–H and O–H groups in total. The summed E-state index contributed by atoms with van der Waals surface area (Å²) in [5.41, 5.74) is -0.403. The zero-order valence-electron chi connectivity index (χ0n) is 9.76. The van der Waals surface area contributed by atoms with Gasteiger partial charge in [-0.15, -0.1) is 23.7 Å². The van der Waals surface area contributed by atoms with Gasteiger partial charge >= 0.3 is 0 Å². The first kappa shape index (κ1) is 15.9. The summed E-state index contributed by atoms with van der Waals surface area (Å²) in [7, 11) is -3.75. The van der Waals surface area contributed by atoms with E-state index in [1.807, 2.05) is 0 Å². The van der Waals surface area contributed by atoms with Gasteiger partial charge in [0.25, 0.3) is 5.69 Å². The molecule has 1 rings (SSSR count). The average molecular weight is 323 g/mol. The molecule has 9 heteroatoms. The van der Waals surface area contributed by atoms with Gasteiger partial charge in [0.1, 0.15) is 4.21 Å². The molecule has 6 nitrogen and oxygen atoms in total. The second kappa shape index (κ2) is 6.86. The predicted molar refractivity (Wildman–Crippen MR) is 73.9 cm³/mol. The van der Waals surface area contributed by atoms with Crippen LogP contribution in [0.15, 0.2) is 10.3 Å². The Balaban J connectivity index is 2.70. The molecular weight excluding hydrogens is 312 g/mol. The molecule has 0 spiro atoms. The highest BCUT2D eigenvalue weighted by atomic mass is 35.5. The van der Waals surface area contributed by atoms with Crippen molar-refractivity contribution in [3.8, 4) is 12.3 Å². The number of nitrogens with zero attached hydrogens (tertiary/aromatic N) is 1. The van der Waals surface area contributed by atoms with E-state index < -0.39 is 20.6 Å². The highest BCUT2D eigenvalue weighted by molar-refractivity contribution is 7.91. The molecule has 0 amide bonds. The minimum Gasteiger partial charge on any atom is -0.258 e. The Bertz CT molecular complexity index is 604. The molecule has 0 radical (unpaired) electrons. The van der Waals surface area contributed by atoms with Gasteiger partial charge < -0.3 is 0 Å². The molecular formula is C10H11ClN2O4S2. The SMILES string of the molecule is C#CCCCCNS(=O)(=O)c1cc([N+](=O)[O-])c(Cl)s1. The number of hydrogen-bond acceptors (Lipinski definition) is 5. The second-order valence-corrected chi connectivity index (χ2v) is 7.19. The van der Waals surface area contributed by atoms with Crippen molar-refractivity contribution in [3.63, 3.8) is 0 Å². The van der Waals surface area contributed by atoms with Crippen molar-refractivity contribution in [1.29, 1.82) is 0 Å². The van der Waals surface area contributed by atoms with Gasteiger partial charge in [-0.3, -0.25) is 10.1 Å². The number of hydrogen-bond donors (Lipinski definition) is 1. The molecule has 0 saturated heterocycles. The first-order chi connectivity index (χ1) is 8.88. The van der Waals surface area contributed by atoms with Crippen LogP contribution in [0.25, 0.3) is 0 Å². The monoisotopic (exact) mass is 322 g/mol. The van der Waals surface area contributed by atoms with E-state index in [9.17, 15) is 18.5 Å². The fourth-order valence-corrected chi connectivity index (χ4v) is 4.01. The van der Waals surface area contributed by atoms with Gasteiger partial charge in [0, 0.05) is 19.0 Å². The van der Waals surface area contributed by atoms with Crippen LogP contribution in [-0.2, 0) is 10.0 Å². The van der Waals surface area contributed by atoms with Crippen LogP contribution >= 0.6 is 22.9 Å². The minimum absolute atomic E-state index is 0.155. The number of nitro groups is 1. The van der Waals surface area contributed by atoms with E-state index in [1.54, 1.807) is 0 Å². The third kappa shape index (κ3) is 4.47. The maximum atomic E-state index is 11.8.